The molecule has 2 aliphatic rings. The number of nitrogens with zero attached hydrogens (tertiary/aromatic N) is 6. The Hall–Kier alpha value is -3.82. The van der Waals surface area contributed by atoms with Crippen LogP contribution in [0.3, 0.4) is 0 Å². The number of aromatic nitrogens is 5. The third kappa shape index (κ3) is 3.89. The topological polar surface area (TPSA) is 99.2 Å². The summed E-state index contributed by atoms with van der Waals surface area (Å²) in [5, 5.41) is 10.9. The molecule has 0 bridgehead atoms. The number of carbonyl (C=O) groups is 1. The van der Waals surface area contributed by atoms with E-state index in [2.05, 4.69) is 15.5 Å². The highest BCUT2D eigenvalue weighted by atomic mass is 19.1. The summed E-state index contributed by atoms with van der Waals surface area (Å²) in [5.74, 6) is 0.418. The molecule has 4 aromatic rings. The maximum Gasteiger partial charge on any atom is 0.410 e. The fraction of sp³-hybridized carbons (Fsp3) is 0.375. The molecule has 3 heterocycles. The van der Waals surface area contributed by atoms with E-state index in [-0.39, 0.29) is 23.9 Å². The van der Waals surface area contributed by atoms with Crippen LogP contribution in [0.25, 0.3) is 27.9 Å². The van der Waals surface area contributed by atoms with Crippen LogP contribution < -0.4 is 0 Å². The Bertz CT molecular complexity index is 1330. The summed E-state index contributed by atoms with van der Waals surface area (Å²) in [7, 11) is 0. The molecule has 2 aromatic carbocycles. The molecule has 34 heavy (non-hydrogen) atoms. The average Bonchev–Trinajstić information content (AvgIpc) is 3.51. The molecule has 0 N–H and O–H groups in total. The summed E-state index contributed by atoms with van der Waals surface area (Å²) in [6.45, 7) is 1.25. The number of piperidine rings is 1. The summed E-state index contributed by atoms with van der Waals surface area (Å²) in [6, 6.07) is 10.3. The lowest BCUT2D eigenvalue weighted by atomic mass is 9.96. The maximum atomic E-state index is 14.9. The van der Waals surface area contributed by atoms with Gasteiger partial charge in [-0.2, -0.15) is 0 Å². The minimum atomic E-state index is -0.378. The number of amides is 1. The fourth-order valence-corrected chi connectivity index (χ4v) is 4.46. The van der Waals surface area contributed by atoms with Crippen LogP contribution in [0.15, 0.2) is 47.1 Å². The Morgan fingerprint density at radius 2 is 1.94 bits per heavy atom. The van der Waals surface area contributed by atoms with Crippen molar-refractivity contribution < 1.29 is 18.3 Å². The minimum absolute atomic E-state index is 0.0945. The number of hydrogen-bond acceptors (Lipinski definition) is 7. The number of ether oxygens (including phenoxy) is 1. The van der Waals surface area contributed by atoms with Gasteiger partial charge in [0.2, 0.25) is 0 Å². The van der Waals surface area contributed by atoms with E-state index in [0.29, 0.717) is 46.9 Å². The van der Waals surface area contributed by atoms with E-state index in [4.69, 9.17) is 14.1 Å². The third-order valence-electron chi connectivity index (χ3n) is 6.70. The molecule has 2 aromatic heterocycles. The number of carbonyl (C=O) groups excluding carboxylic acids is 1. The first-order valence-corrected chi connectivity index (χ1v) is 11.5. The molecule has 1 saturated heterocycles. The highest BCUT2D eigenvalue weighted by Gasteiger charge is 2.30. The first kappa shape index (κ1) is 20.8. The smallest absolute Gasteiger partial charge is 0.410 e. The summed E-state index contributed by atoms with van der Waals surface area (Å²) in [6.07, 6.45) is 5.92. The van der Waals surface area contributed by atoms with Crippen LogP contribution in [-0.2, 0) is 4.74 Å². The van der Waals surface area contributed by atoms with Crippen LogP contribution in [0.5, 0.6) is 0 Å². The predicted octanol–water partition coefficient (Wildman–Crippen LogP) is 4.48. The number of likely N-dealkylation sites (tertiary alicyclic amines) is 1. The number of halogens is 1. The van der Waals surface area contributed by atoms with E-state index in [1.54, 1.807) is 17.0 Å². The molecule has 1 aliphatic carbocycles. The van der Waals surface area contributed by atoms with Gasteiger partial charge in [-0.3, -0.25) is 0 Å². The number of hydrogen-bond donors (Lipinski definition) is 0. The van der Waals surface area contributed by atoms with E-state index in [1.807, 2.05) is 18.2 Å². The molecule has 1 amide bonds. The van der Waals surface area contributed by atoms with Gasteiger partial charge in [-0.05, 0) is 72.4 Å². The third-order valence-corrected chi connectivity index (χ3v) is 6.70. The Morgan fingerprint density at radius 1 is 1.09 bits per heavy atom. The van der Waals surface area contributed by atoms with Gasteiger partial charge in [0.25, 0.3) is 0 Å². The molecule has 10 heteroatoms. The molecule has 0 radical (unpaired) electrons. The van der Waals surface area contributed by atoms with Gasteiger partial charge >= 0.3 is 6.09 Å². The van der Waals surface area contributed by atoms with Gasteiger partial charge in [-0.15, -0.1) is 5.10 Å². The first-order valence-electron chi connectivity index (χ1n) is 11.5. The average molecular weight is 462 g/mol. The maximum absolute atomic E-state index is 14.9. The molecule has 0 atom stereocenters. The normalized spacial score (nSPS) is 17.1. The van der Waals surface area contributed by atoms with Crippen molar-refractivity contribution in [3.63, 3.8) is 0 Å². The Labute approximate surface area is 194 Å². The highest BCUT2D eigenvalue weighted by Crippen LogP contribution is 2.33. The van der Waals surface area contributed by atoms with Crippen LogP contribution in [0, 0.1) is 5.82 Å². The highest BCUT2D eigenvalue weighted by molar-refractivity contribution is 5.81. The Balaban J connectivity index is 1.17. The van der Waals surface area contributed by atoms with Crippen molar-refractivity contribution in [2.24, 2.45) is 0 Å². The molecule has 0 unspecified atom stereocenters. The van der Waals surface area contributed by atoms with Gasteiger partial charge in [0.1, 0.15) is 23.8 Å². The minimum Gasteiger partial charge on any atom is -0.446 e. The second-order valence-electron chi connectivity index (χ2n) is 8.85. The molecular formula is C24H23FN6O3. The molecule has 174 valence electrons. The van der Waals surface area contributed by atoms with Crippen LogP contribution in [0.1, 0.15) is 43.9 Å². The lowest BCUT2D eigenvalue weighted by molar-refractivity contribution is 0.0220. The summed E-state index contributed by atoms with van der Waals surface area (Å²) < 4.78 is 27.8. The van der Waals surface area contributed by atoms with Gasteiger partial charge in [0, 0.05) is 30.6 Å². The van der Waals surface area contributed by atoms with Crippen molar-refractivity contribution in [2.75, 3.05) is 13.1 Å². The van der Waals surface area contributed by atoms with E-state index in [0.717, 1.165) is 32.1 Å². The number of fused-ring (bicyclic) bond motifs is 1. The number of rotatable bonds is 4. The zero-order chi connectivity index (χ0) is 23.1. The summed E-state index contributed by atoms with van der Waals surface area (Å²) in [4.78, 5) is 18.8. The summed E-state index contributed by atoms with van der Waals surface area (Å²) in [5.41, 5.74) is 3.06. The van der Waals surface area contributed by atoms with Gasteiger partial charge in [0.05, 0.1) is 5.69 Å². The van der Waals surface area contributed by atoms with Crippen LogP contribution >= 0.6 is 0 Å². The van der Waals surface area contributed by atoms with Gasteiger partial charge in [0.15, 0.2) is 11.5 Å². The second kappa shape index (κ2) is 8.51. The molecule has 9 nitrogen and oxygen atoms in total. The summed E-state index contributed by atoms with van der Waals surface area (Å²) >= 11 is 0. The molecule has 2 fully saturated rings. The fourth-order valence-electron chi connectivity index (χ4n) is 4.46. The number of oxazole rings is 1. The van der Waals surface area contributed by atoms with E-state index in [9.17, 15) is 9.18 Å². The molecule has 0 spiro atoms. The second-order valence-corrected chi connectivity index (χ2v) is 8.85. The zero-order valence-corrected chi connectivity index (χ0v) is 18.4. The van der Waals surface area contributed by atoms with Crippen molar-refractivity contribution in [3.05, 3.63) is 54.4 Å². The van der Waals surface area contributed by atoms with Crippen molar-refractivity contribution in [1.29, 1.82) is 0 Å². The standard InChI is InChI=1S/C24H23FN6O3/c25-20-13-17(31-14-26-28-29-31)5-6-19(20)16-4-7-22-21(12-16)27-23(34-22)15-8-10-30(11-9-15)24(32)33-18-2-1-3-18/h4-7,12-15,18H,1-3,8-11H2. The molecule has 1 aliphatic heterocycles. The van der Waals surface area contributed by atoms with Crippen LogP contribution in [0.2, 0.25) is 0 Å². The van der Waals surface area contributed by atoms with Crippen LogP contribution in [0.4, 0.5) is 9.18 Å². The SMILES string of the molecule is O=C(OC1CCC1)N1CCC(c2nc3cc(-c4ccc(-n5cnnn5)cc4F)ccc3o2)CC1. The van der Waals surface area contributed by atoms with Crippen LogP contribution in [-0.4, -0.2) is 55.4 Å². The van der Waals surface area contributed by atoms with Crippen molar-refractivity contribution in [3.8, 4) is 16.8 Å². The van der Waals surface area contributed by atoms with Gasteiger partial charge in [-0.25, -0.2) is 18.9 Å². The lowest BCUT2D eigenvalue weighted by Gasteiger charge is -2.33. The van der Waals surface area contributed by atoms with E-state index < -0.39 is 0 Å². The van der Waals surface area contributed by atoms with Crippen molar-refractivity contribution in [2.45, 2.75) is 44.1 Å². The molecular weight excluding hydrogens is 439 g/mol. The predicted molar refractivity (Wildman–Crippen MR) is 120 cm³/mol. The monoisotopic (exact) mass is 462 g/mol. The van der Waals surface area contributed by atoms with E-state index in [1.165, 1.54) is 17.1 Å². The quantitative estimate of drug-likeness (QED) is 0.441. The molecule has 6 rings (SSSR count). The van der Waals surface area contributed by atoms with Gasteiger partial charge < -0.3 is 14.1 Å². The largest absolute Gasteiger partial charge is 0.446 e. The van der Waals surface area contributed by atoms with Crippen molar-refractivity contribution >= 4 is 17.2 Å². The first-order chi connectivity index (χ1) is 16.6. The Morgan fingerprint density at radius 3 is 2.65 bits per heavy atom. The zero-order valence-electron chi connectivity index (χ0n) is 18.4. The number of tetrazole rings is 1. The van der Waals surface area contributed by atoms with E-state index >= 15 is 0 Å². The Kier molecular flexibility index (Phi) is 5.20. The van der Waals surface area contributed by atoms with Crippen molar-refractivity contribution in [1.82, 2.24) is 30.1 Å². The van der Waals surface area contributed by atoms with Gasteiger partial charge in [-0.1, -0.05) is 6.07 Å². The molecule has 1 saturated carbocycles. The number of benzene rings is 2. The lowest BCUT2D eigenvalue weighted by Crippen LogP contribution is -2.41.